The molecule has 3 aromatic rings. The van der Waals surface area contributed by atoms with Crippen LogP contribution in [0.15, 0.2) is 65.5 Å². The zero-order chi connectivity index (χ0) is 18.5. The fourth-order valence-electron chi connectivity index (χ4n) is 3.04. The van der Waals surface area contributed by atoms with Crippen molar-refractivity contribution in [3.8, 4) is 0 Å². The number of amides is 1. The van der Waals surface area contributed by atoms with E-state index in [1.165, 1.54) is 0 Å². The lowest BCUT2D eigenvalue weighted by Gasteiger charge is -2.20. The monoisotopic (exact) mass is 349 g/mol. The number of H-pyrrole nitrogens is 1. The summed E-state index contributed by atoms with van der Waals surface area (Å²) >= 11 is 0. The maximum absolute atomic E-state index is 12.6. The molecule has 0 saturated carbocycles. The van der Waals surface area contributed by atoms with Crippen molar-refractivity contribution in [3.05, 3.63) is 93.7 Å². The molecule has 3 rings (SSSR count). The van der Waals surface area contributed by atoms with Crippen molar-refractivity contribution in [2.24, 2.45) is 0 Å². The average molecular weight is 349 g/mol. The molecule has 0 fully saturated rings. The number of aromatic nitrogens is 2. The molecule has 0 radical (unpaired) electrons. The third-order valence-electron chi connectivity index (χ3n) is 4.62. The highest BCUT2D eigenvalue weighted by molar-refractivity contribution is 5.77. The lowest BCUT2D eigenvalue weighted by molar-refractivity contribution is -0.121. The lowest BCUT2D eigenvalue weighted by Crippen LogP contribution is -2.31. The molecule has 2 N–H and O–H groups in total. The van der Waals surface area contributed by atoms with E-state index in [2.05, 4.69) is 10.3 Å². The average Bonchev–Trinajstić information content (AvgIpc) is 2.91. The highest BCUT2D eigenvalue weighted by atomic mass is 16.2. The van der Waals surface area contributed by atoms with Crippen molar-refractivity contribution < 1.29 is 4.79 Å². The third kappa shape index (κ3) is 3.94. The first-order valence-electron chi connectivity index (χ1n) is 8.71. The highest BCUT2D eigenvalue weighted by Crippen LogP contribution is 2.21. The van der Waals surface area contributed by atoms with Crippen LogP contribution < -0.4 is 11.0 Å². The molecule has 5 nitrogen and oxygen atoms in total. The van der Waals surface area contributed by atoms with E-state index in [0.29, 0.717) is 6.54 Å². The normalized spacial score (nSPS) is 10.9. The van der Waals surface area contributed by atoms with Crippen molar-refractivity contribution >= 4 is 5.91 Å². The molecule has 0 bridgehead atoms. The summed E-state index contributed by atoms with van der Waals surface area (Å²) in [6.45, 7) is 4.09. The van der Waals surface area contributed by atoms with Gasteiger partial charge in [-0.15, -0.1) is 0 Å². The van der Waals surface area contributed by atoms with Gasteiger partial charge in [-0.2, -0.15) is 0 Å². The maximum atomic E-state index is 12.6. The second-order valence-electron chi connectivity index (χ2n) is 6.36. The minimum Gasteiger partial charge on any atom is -0.345 e. The Balaban J connectivity index is 1.75. The fraction of sp³-hybridized carbons (Fsp3) is 0.238. The predicted molar refractivity (Wildman–Crippen MR) is 102 cm³/mol. The number of hydrogen-bond acceptors (Lipinski definition) is 2. The van der Waals surface area contributed by atoms with Gasteiger partial charge in [0.25, 0.3) is 0 Å². The van der Waals surface area contributed by atoms with Gasteiger partial charge in [0.2, 0.25) is 5.91 Å². The summed E-state index contributed by atoms with van der Waals surface area (Å²) in [5.74, 6) is -0.0899. The van der Waals surface area contributed by atoms with Gasteiger partial charge in [-0.3, -0.25) is 9.36 Å². The van der Waals surface area contributed by atoms with Gasteiger partial charge in [-0.1, -0.05) is 60.7 Å². The Bertz CT molecular complexity index is 887. The van der Waals surface area contributed by atoms with Crippen LogP contribution in [0.25, 0.3) is 0 Å². The van der Waals surface area contributed by atoms with E-state index in [1.807, 2.05) is 74.5 Å². The van der Waals surface area contributed by atoms with Crippen LogP contribution in [0, 0.1) is 13.8 Å². The van der Waals surface area contributed by atoms with Crippen molar-refractivity contribution in [2.75, 3.05) is 0 Å². The molecule has 0 aliphatic heterocycles. The lowest BCUT2D eigenvalue weighted by atomic mass is 9.98. The van der Waals surface area contributed by atoms with E-state index in [1.54, 1.807) is 4.57 Å². The van der Waals surface area contributed by atoms with Crippen LogP contribution >= 0.6 is 0 Å². The molecule has 0 spiro atoms. The van der Waals surface area contributed by atoms with Crippen molar-refractivity contribution in [1.29, 1.82) is 0 Å². The van der Waals surface area contributed by atoms with E-state index < -0.39 is 0 Å². The number of hydrogen-bond donors (Lipinski definition) is 2. The van der Waals surface area contributed by atoms with Crippen LogP contribution in [0.4, 0.5) is 0 Å². The van der Waals surface area contributed by atoms with Crippen LogP contribution in [0.2, 0.25) is 0 Å². The van der Waals surface area contributed by atoms with Gasteiger partial charge in [0.1, 0.15) is 0 Å². The summed E-state index contributed by atoms with van der Waals surface area (Å²) in [5.41, 5.74) is 3.58. The molecule has 0 atom stereocenters. The zero-order valence-electron chi connectivity index (χ0n) is 15.0. The number of carbonyl (C=O) groups is 1. The molecule has 0 aliphatic carbocycles. The summed E-state index contributed by atoms with van der Waals surface area (Å²) in [6, 6.07) is 19.6. The van der Waals surface area contributed by atoms with Gasteiger partial charge in [-0.05, 0) is 25.0 Å². The molecule has 1 heterocycles. The van der Waals surface area contributed by atoms with Crippen LogP contribution in [-0.4, -0.2) is 15.5 Å². The second-order valence-corrected chi connectivity index (χ2v) is 6.36. The smallest absolute Gasteiger partial charge is 0.325 e. The number of imidazole rings is 1. The number of aromatic amines is 1. The maximum Gasteiger partial charge on any atom is 0.325 e. The van der Waals surface area contributed by atoms with E-state index >= 15 is 0 Å². The van der Waals surface area contributed by atoms with Crippen LogP contribution in [0.1, 0.15) is 35.0 Å². The van der Waals surface area contributed by atoms with Gasteiger partial charge >= 0.3 is 5.69 Å². The summed E-state index contributed by atoms with van der Waals surface area (Å²) in [7, 11) is 0. The summed E-state index contributed by atoms with van der Waals surface area (Å²) in [4.78, 5) is 27.2. The zero-order valence-corrected chi connectivity index (χ0v) is 15.0. The minimum absolute atomic E-state index is 0.0899. The second kappa shape index (κ2) is 7.87. The summed E-state index contributed by atoms with van der Waals surface area (Å²) < 4.78 is 1.61. The number of aryl methyl sites for hydroxylation is 1. The Labute approximate surface area is 152 Å². The Morgan fingerprint density at radius 3 is 2.00 bits per heavy atom. The molecule has 26 heavy (non-hydrogen) atoms. The van der Waals surface area contributed by atoms with E-state index in [-0.39, 0.29) is 24.1 Å². The predicted octanol–water partition coefficient (Wildman–Crippen LogP) is 3.09. The minimum atomic E-state index is -0.212. The van der Waals surface area contributed by atoms with Gasteiger partial charge < -0.3 is 10.3 Å². The van der Waals surface area contributed by atoms with Crippen LogP contribution in [0.5, 0.6) is 0 Å². The number of rotatable bonds is 6. The largest absolute Gasteiger partial charge is 0.345 e. The first-order chi connectivity index (χ1) is 12.6. The van der Waals surface area contributed by atoms with Gasteiger partial charge in [0.05, 0.1) is 6.04 Å². The molecular formula is C21H23N3O2. The molecule has 1 aromatic heterocycles. The van der Waals surface area contributed by atoms with Crippen molar-refractivity contribution in [1.82, 2.24) is 14.9 Å². The number of benzene rings is 2. The van der Waals surface area contributed by atoms with Crippen molar-refractivity contribution in [2.45, 2.75) is 32.9 Å². The van der Waals surface area contributed by atoms with Gasteiger partial charge in [0.15, 0.2) is 0 Å². The Kier molecular flexibility index (Phi) is 5.37. The highest BCUT2D eigenvalue weighted by Gasteiger charge is 2.17. The molecule has 0 saturated heterocycles. The summed E-state index contributed by atoms with van der Waals surface area (Å²) in [6.07, 6.45) is 0.244. The van der Waals surface area contributed by atoms with E-state index in [4.69, 9.17) is 0 Å². The molecule has 5 heteroatoms. The van der Waals surface area contributed by atoms with Gasteiger partial charge in [-0.25, -0.2) is 4.79 Å². The number of nitrogens with zero attached hydrogens (tertiary/aromatic N) is 1. The van der Waals surface area contributed by atoms with Crippen molar-refractivity contribution in [3.63, 3.8) is 0 Å². The molecule has 0 aliphatic rings. The first-order valence-corrected chi connectivity index (χ1v) is 8.71. The number of carbonyl (C=O) groups excluding carboxylic acids is 1. The molecule has 134 valence electrons. The number of nitrogens with one attached hydrogen (secondary N) is 2. The molecule has 0 unspecified atom stereocenters. The van der Waals surface area contributed by atoms with E-state index in [0.717, 1.165) is 22.5 Å². The Hall–Kier alpha value is -3.08. The molecule has 2 aromatic carbocycles. The standard InChI is InChI=1S/C21H23N3O2/c1-15-16(2)24(21(26)22-15)14-13-19(25)23-20(17-9-5-3-6-10-17)18-11-7-4-8-12-18/h3-12,20H,13-14H2,1-2H3,(H,22,26)(H,23,25). The Morgan fingerprint density at radius 2 is 1.54 bits per heavy atom. The van der Waals surface area contributed by atoms with Crippen LogP contribution in [0.3, 0.4) is 0 Å². The third-order valence-corrected chi connectivity index (χ3v) is 4.62. The van der Waals surface area contributed by atoms with E-state index in [9.17, 15) is 9.59 Å². The topological polar surface area (TPSA) is 66.9 Å². The summed E-state index contributed by atoms with van der Waals surface area (Å²) in [5, 5.41) is 3.10. The quantitative estimate of drug-likeness (QED) is 0.718. The van der Waals surface area contributed by atoms with Crippen LogP contribution in [-0.2, 0) is 11.3 Å². The van der Waals surface area contributed by atoms with Gasteiger partial charge in [0, 0.05) is 24.4 Å². The first kappa shape index (κ1) is 17.7. The Morgan fingerprint density at radius 1 is 1.00 bits per heavy atom. The fourth-order valence-corrected chi connectivity index (χ4v) is 3.04. The SMILES string of the molecule is Cc1[nH]c(=O)n(CCC(=O)NC(c2ccccc2)c2ccccc2)c1C. The molecular weight excluding hydrogens is 326 g/mol. The molecule has 1 amide bonds.